The van der Waals surface area contributed by atoms with E-state index in [0.717, 1.165) is 76.9 Å². The highest BCUT2D eigenvalue weighted by atomic mass is 35.5. The van der Waals surface area contributed by atoms with Crippen molar-refractivity contribution < 1.29 is 14.6 Å². The Morgan fingerprint density at radius 3 is 1.85 bits per heavy atom. The highest BCUT2D eigenvalue weighted by molar-refractivity contribution is 6.30. The number of hydrogen-bond acceptors (Lipinski definition) is 9. The van der Waals surface area contributed by atoms with Crippen LogP contribution in [-0.4, -0.2) is 58.1 Å². The number of fused-ring (bicyclic) bond motifs is 2. The van der Waals surface area contributed by atoms with Crippen molar-refractivity contribution in [2.45, 2.75) is 137 Å². The number of aliphatic hydroxyl groups excluding tert-OH is 1. The molecule has 1 aliphatic heterocycles. The summed E-state index contributed by atoms with van der Waals surface area (Å²) in [6.45, 7) is 5.35. The summed E-state index contributed by atoms with van der Waals surface area (Å²) in [7, 11) is 4.33. The third kappa shape index (κ3) is 9.69. The van der Waals surface area contributed by atoms with Gasteiger partial charge in [-0.15, -0.1) is 0 Å². The van der Waals surface area contributed by atoms with Gasteiger partial charge >= 0.3 is 11.4 Å². The zero-order valence-corrected chi connectivity index (χ0v) is 32.9. The number of aryl methyl sites for hydroxylation is 1. The van der Waals surface area contributed by atoms with Gasteiger partial charge in [0.25, 0.3) is 17.1 Å². The maximum Gasteiger partial charge on any atom is 0.332 e. The highest BCUT2D eigenvalue weighted by Gasteiger charge is 2.28. The third-order valence-corrected chi connectivity index (χ3v) is 10.5. The van der Waals surface area contributed by atoms with Gasteiger partial charge in [0, 0.05) is 39.3 Å². The van der Waals surface area contributed by atoms with Crippen LogP contribution in [-0.2, 0) is 44.9 Å². The van der Waals surface area contributed by atoms with Crippen LogP contribution in [0.5, 0.6) is 6.01 Å². The van der Waals surface area contributed by atoms with Crippen molar-refractivity contribution in [2.24, 2.45) is 19.1 Å². The van der Waals surface area contributed by atoms with Crippen molar-refractivity contribution >= 4 is 34.5 Å². The fourth-order valence-electron chi connectivity index (χ4n) is 7.23. The van der Waals surface area contributed by atoms with Crippen LogP contribution in [0.3, 0.4) is 0 Å². The van der Waals surface area contributed by atoms with Gasteiger partial charge < -0.3 is 14.6 Å². The first-order valence-corrected chi connectivity index (χ1v) is 19.6. The predicted octanol–water partition coefficient (Wildman–Crippen LogP) is 5.86. The standard InChI is InChI=1S/C22H27ClN4O3.C16H23N3O3.CH4O.CH4/c1-3-4-13-26-20(28)18-19(25(2)22(26)29)24-21(30-17-7-5-6-8-17)27(18)14-15-9-11-16(23)12-10-15;1-3-4-9-19-15(20)12-10-13(22-11-7-5-6-8-11)17-14(12)18(2)16(19)21;1-2;/h9-12,17H,3-8,13-14H2,1-2H3;11H,3-10H2,1-2H3;2H,1H3;1H4. The molecule has 302 valence electrons. The van der Waals surface area contributed by atoms with Gasteiger partial charge in [-0.1, -0.05) is 57.8 Å². The number of benzene rings is 1. The lowest BCUT2D eigenvalue weighted by Gasteiger charge is -2.14. The molecule has 2 fully saturated rings. The minimum Gasteiger partial charge on any atom is -0.477 e. The van der Waals surface area contributed by atoms with E-state index in [1.54, 1.807) is 18.7 Å². The lowest BCUT2D eigenvalue weighted by molar-refractivity contribution is 0.186. The smallest absolute Gasteiger partial charge is 0.332 e. The van der Waals surface area contributed by atoms with Gasteiger partial charge in [-0.25, -0.2) is 9.59 Å². The quantitative estimate of drug-likeness (QED) is 0.198. The Hall–Kier alpha value is -4.43. The van der Waals surface area contributed by atoms with Gasteiger partial charge in [0.15, 0.2) is 17.1 Å². The summed E-state index contributed by atoms with van der Waals surface area (Å²) in [5.41, 5.74) is 1.17. The molecule has 1 N–H and O–H groups in total. The zero-order valence-electron chi connectivity index (χ0n) is 32.2. The molecule has 4 aromatic rings. The Morgan fingerprint density at radius 1 is 0.764 bits per heavy atom. The molecular formula is C40H58ClN7O7. The van der Waals surface area contributed by atoms with E-state index < -0.39 is 0 Å². The molecule has 0 unspecified atom stereocenters. The molecule has 4 heterocycles. The predicted molar refractivity (Wildman–Crippen MR) is 217 cm³/mol. The first-order chi connectivity index (χ1) is 26.1. The Morgan fingerprint density at radius 2 is 1.29 bits per heavy atom. The number of aliphatic imine (C=N–C) groups is 1. The fourth-order valence-corrected chi connectivity index (χ4v) is 7.36. The van der Waals surface area contributed by atoms with Crippen molar-refractivity contribution in [3.05, 3.63) is 82.1 Å². The van der Waals surface area contributed by atoms with Gasteiger partial charge in [0.2, 0.25) is 0 Å². The van der Waals surface area contributed by atoms with E-state index in [4.69, 9.17) is 26.2 Å². The summed E-state index contributed by atoms with van der Waals surface area (Å²) in [4.78, 5) is 60.0. The lowest BCUT2D eigenvalue weighted by atomic mass is 10.2. The maximum absolute atomic E-state index is 13.3. The molecule has 1 aromatic carbocycles. The Kier molecular flexibility index (Phi) is 15.7. The first kappa shape index (κ1) is 43.3. The van der Waals surface area contributed by atoms with E-state index in [2.05, 4.69) is 9.98 Å². The molecule has 7 rings (SSSR count). The number of nitrogens with zero attached hydrogens (tertiary/aromatic N) is 7. The Labute approximate surface area is 327 Å². The number of rotatable bonds is 11. The number of hydrogen-bond donors (Lipinski definition) is 1. The number of aliphatic hydroxyl groups is 1. The van der Waals surface area contributed by atoms with E-state index >= 15 is 0 Å². The van der Waals surface area contributed by atoms with Crippen LogP contribution in [0.25, 0.3) is 11.2 Å². The minimum atomic E-state index is -0.343. The summed E-state index contributed by atoms with van der Waals surface area (Å²) in [6, 6.07) is 7.88. The minimum absolute atomic E-state index is 0. The van der Waals surface area contributed by atoms with E-state index in [1.165, 1.54) is 31.1 Å². The molecule has 0 bridgehead atoms. The van der Waals surface area contributed by atoms with Gasteiger partial charge in [-0.2, -0.15) is 9.98 Å². The maximum atomic E-state index is 13.3. The van der Waals surface area contributed by atoms with Crippen LogP contribution < -0.4 is 27.2 Å². The summed E-state index contributed by atoms with van der Waals surface area (Å²) < 4.78 is 19.5. The average molecular weight is 784 g/mol. The number of imidazole rings is 1. The van der Waals surface area contributed by atoms with Crippen molar-refractivity contribution in [1.29, 1.82) is 0 Å². The largest absolute Gasteiger partial charge is 0.477 e. The van der Waals surface area contributed by atoms with E-state index in [0.29, 0.717) is 65.5 Å². The summed E-state index contributed by atoms with van der Waals surface area (Å²) in [5.74, 6) is 1.05. The molecule has 0 spiro atoms. The van der Waals surface area contributed by atoms with E-state index in [9.17, 15) is 19.2 Å². The summed E-state index contributed by atoms with van der Waals surface area (Å²) in [6.07, 6.45) is 12.8. The molecule has 0 atom stereocenters. The molecule has 2 aliphatic carbocycles. The number of halogens is 1. The van der Waals surface area contributed by atoms with Crippen LogP contribution in [0.2, 0.25) is 5.02 Å². The number of aromatic nitrogens is 6. The molecule has 2 saturated carbocycles. The molecule has 55 heavy (non-hydrogen) atoms. The second kappa shape index (κ2) is 19.9. The molecule has 14 nitrogen and oxygen atoms in total. The van der Waals surface area contributed by atoms with Gasteiger partial charge in [-0.05, 0) is 81.9 Å². The summed E-state index contributed by atoms with van der Waals surface area (Å²) >= 11 is 6.03. The summed E-state index contributed by atoms with van der Waals surface area (Å²) in [5, 5.41) is 7.65. The Balaban J connectivity index is 0.000000240. The van der Waals surface area contributed by atoms with Crippen molar-refractivity contribution in [2.75, 3.05) is 7.11 Å². The topological polar surface area (TPSA) is 157 Å². The number of unbranched alkanes of at least 4 members (excludes halogenated alkanes) is 2. The zero-order chi connectivity index (χ0) is 38.9. The van der Waals surface area contributed by atoms with Crippen LogP contribution >= 0.6 is 11.6 Å². The molecule has 3 aromatic heterocycles. The van der Waals surface area contributed by atoms with Crippen LogP contribution in [0.4, 0.5) is 5.82 Å². The van der Waals surface area contributed by atoms with Crippen molar-refractivity contribution in [3.63, 3.8) is 0 Å². The molecular weight excluding hydrogens is 726 g/mol. The first-order valence-electron chi connectivity index (χ1n) is 19.2. The second-order valence-corrected chi connectivity index (χ2v) is 14.6. The van der Waals surface area contributed by atoms with Crippen LogP contribution in [0.15, 0.2) is 48.4 Å². The van der Waals surface area contributed by atoms with E-state index in [-0.39, 0.29) is 42.1 Å². The van der Waals surface area contributed by atoms with Crippen molar-refractivity contribution in [3.8, 4) is 6.01 Å². The monoisotopic (exact) mass is 783 g/mol. The van der Waals surface area contributed by atoms with Gasteiger partial charge in [-0.3, -0.25) is 32.4 Å². The average Bonchev–Trinajstić information content (AvgIpc) is 4.01. The van der Waals surface area contributed by atoms with Crippen LogP contribution in [0, 0.1) is 0 Å². The molecule has 0 amide bonds. The molecule has 15 heteroatoms. The normalized spacial score (nSPS) is 15.1. The van der Waals surface area contributed by atoms with Gasteiger partial charge in [0.05, 0.1) is 18.5 Å². The third-order valence-electron chi connectivity index (χ3n) is 10.3. The Bertz CT molecular complexity index is 2170. The SMILES string of the molecule is C.CCCCn1c(=O)c2c(n(C)c1=O)N=C(OC1CCCC1)C2.CCCCn1c(=O)c2c(nc(OC3CCCC3)n2Cc2ccc(Cl)cc2)n(C)c1=O.CO. The molecule has 0 radical (unpaired) electrons. The van der Waals surface area contributed by atoms with E-state index in [1.807, 2.05) is 38.1 Å². The van der Waals surface area contributed by atoms with Gasteiger partial charge in [0.1, 0.15) is 18.0 Å². The van der Waals surface area contributed by atoms with Crippen molar-refractivity contribution in [1.82, 2.24) is 27.8 Å². The number of ether oxygens (including phenoxy) is 2. The molecule has 0 saturated heterocycles. The fraction of sp³-hybridized carbons (Fsp3) is 0.600. The lowest BCUT2D eigenvalue weighted by Crippen LogP contribution is -2.40. The van der Waals surface area contributed by atoms with Crippen LogP contribution in [0.1, 0.15) is 109 Å². The second-order valence-electron chi connectivity index (χ2n) is 14.1. The molecule has 3 aliphatic rings. The highest BCUT2D eigenvalue weighted by Crippen LogP contribution is 2.28.